The number of carbonyl (C=O) groups excluding carboxylic acids is 1. The van der Waals surface area contributed by atoms with E-state index in [9.17, 15) is 4.79 Å². The third kappa shape index (κ3) is 3.31. The summed E-state index contributed by atoms with van der Waals surface area (Å²) in [4.78, 5) is 19.3. The summed E-state index contributed by atoms with van der Waals surface area (Å²) >= 11 is 0. The molecule has 4 heteroatoms. The Balaban J connectivity index is 2.62. The Hall–Kier alpha value is -1.32. The molecule has 0 aliphatic carbocycles. The number of nitrogens with zero attached hydrogens (tertiary/aromatic N) is 2. The van der Waals surface area contributed by atoms with Crippen LogP contribution in [0, 0.1) is 22.7 Å². The van der Waals surface area contributed by atoms with Crippen LogP contribution in [-0.4, -0.2) is 29.2 Å². The first-order chi connectivity index (χ1) is 10.3. The fourth-order valence-electron chi connectivity index (χ4n) is 3.74. The van der Waals surface area contributed by atoms with Gasteiger partial charge in [-0.25, -0.2) is 0 Å². The molecule has 2 aliphatic heterocycles. The van der Waals surface area contributed by atoms with Gasteiger partial charge < -0.3 is 10.6 Å². The van der Waals surface area contributed by atoms with Gasteiger partial charge in [0.05, 0.1) is 12.0 Å². The van der Waals surface area contributed by atoms with E-state index in [0.717, 1.165) is 12.3 Å². The Morgan fingerprint density at radius 2 is 1.78 bits per heavy atom. The molecule has 23 heavy (non-hydrogen) atoms. The largest absolute Gasteiger partial charge is 0.369 e. The van der Waals surface area contributed by atoms with E-state index in [1.807, 2.05) is 0 Å². The summed E-state index contributed by atoms with van der Waals surface area (Å²) in [7, 11) is 0. The average molecular weight is 319 g/mol. The van der Waals surface area contributed by atoms with Crippen LogP contribution in [0.5, 0.6) is 0 Å². The van der Waals surface area contributed by atoms with Crippen molar-refractivity contribution in [3.63, 3.8) is 0 Å². The fraction of sp³-hybridized carbons (Fsp3) is 0.789. The summed E-state index contributed by atoms with van der Waals surface area (Å²) in [5.41, 5.74) is 8.30. The smallest absolute Gasteiger partial charge is 0.222 e. The maximum atomic E-state index is 11.8. The first-order valence-corrected chi connectivity index (χ1v) is 8.72. The first kappa shape index (κ1) is 18.0. The van der Waals surface area contributed by atoms with Crippen molar-refractivity contribution in [2.24, 2.45) is 33.4 Å². The van der Waals surface area contributed by atoms with Crippen molar-refractivity contribution in [2.45, 2.75) is 67.9 Å². The molecule has 0 aromatic heterocycles. The van der Waals surface area contributed by atoms with Gasteiger partial charge >= 0.3 is 0 Å². The molecule has 130 valence electrons. The van der Waals surface area contributed by atoms with Crippen LogP contribution in [-0.2, 0) is 4.79 Å². The van der Waals surface area contributed by atoms with E-state index in [2.05, 4.69) is 60.3 Å². The third-order valence-electron chi connectivity index (χ3n) is 4.82. The van der Waals surface area contributed by atoms with E-state index in [4.69, 9.17) is 10.7 Å². The lowest BCUT2D eigenvalue weighted by molar-refractivity contribution is -0.121. The highest BCUT2D eigenvalue weighted by molar-refractivity contribution is 5.92. The molecule has 0 bridgehead atoms. The lowest BCUT2D eigenvalue weighted by Gasteiger charge is -2.43. The maximum absolute atomic E-state index is 11.8. The van der Waals surface area contributed by atoms with Gasteiger partial charge in [-0.2, -0.15) is 0 Å². The number of primary amides is 1. The van der Waals surface area contributed by atoms with Crippen LogP contribution in [0.3, 0.4) is 0 Å². The summed E-state index contributed by atoms with van der Waals surface area (Å²) in [5.74, 6) is 1.20. The molecule has 0 spiro atoms. The molecule has 1 fully saturated rings. The summed E-state index contributed by atoms with van der Waals surface area (Å²) in [6, 6.07) is 0.162. The number of amides is 1. The lowest BCUT2D eigenvalue weighted by atomic mass is 9.76. The van der Waals surface area contributed by atoms with Crippen molar-refractivity contribution in [3.8, 4) is 0 Å². The number of aliphatic imine (C=N–C) groups is 1. The van der Waals surface area contributed by atoms with Crippen molar-refractivity contribution in [1.29, 1.82) is 0 Å². The molecule has 0 aromatic rings. The highest BCUT2D eigenvalue weighted by Gasteiger charge is 2.45. The molecule has 1 amide bonds. The predicted molar refractivity (Wildman–Crippen MR) is 96.0 cm³/mol. The number of nitrogens with two attached hydrogens (primary N) is 1. The molecule has 2 N–H and O–H groups in total. The Labute approximate surface area is 141 Å². The van der Waals surface area contributed by atoms with Gasteiger partial charge in [0.25, 0.3) is 0 Å². The minimum absolute atomic E-state index is 0.0518. The van der Waals surface area contributed by atoms with E-state index in [-0.39, 0.29) is 28.7 Å². The van der Waals surface area contributed by atoms with E-state index in [1.165, 1.54) is 11.3 Å². The second-order valence-corrected chi connectivity index (χ2v) is 9.44. The van der Waals surface area contributed by atoms with Crippen molar-refractivity contribution in [2.75, 3.05) is 6.54 Å². The molecule has 0 saturated carbocycles. The SMILES string of the molecule is CC(C)C1=C2C[C@H](C(N)=O)CN2C(C(C)(C)C)=N[C@H]1C(C)(C)C. The van der Waals surface area contributed by atoms with Gasteiger partial charge in [0.2, 0.25) is 5.91 Å². The molecular formula is C19H33N3O. The maximum Gasteiger partial charge on any atom is 0.222 e. The zero-order chi connectivity index (χ0) is 17.7. The second-order valence-electron chi connectivity index (χ2n) is 9.44. The van der Waals surface area contributed by atoms with Crippen molar-refractivity contribution in [3.05, 3.63) is 11.3 Å². The van der Waals surface area contributed by atoms with Crippen molar-refractivity contribution < 1.29 is 4.79 Å². The van der Waals surface area contributed by atoms with E-state index in [1.54, 1.807) is 0 Å². The fourth-order valence-corrected chi connectivity index (χ4v) is 3.74. The highest BCUT2D eigenvalue weighted by atomic mass is 16.1. The van der Waals surface area contributed by atoms with Gasteiger partial charge in [-0.15, -0.1) is 0 Å². The third-order valence-corrected chi connectivity index (χ3v) is 4.82. The van der Waals surface area contributed by atoms with E-state index < -0.39 is 0 Å². The molecule has 2 aliphatic rings. The normalized spacial score (nSPS) is 25.8. The van der Waals surface area contributed by atoms with Crippen molar-refractivity contribution in [1.82, 2.24) is 4.90 Å². The number of carbonyl (C=O) groups is 1. The minimum atomic E-state index is -0.199. The van der Waals surface area contributed by atoms with Gasteiger partial charge in [0.15, 0.2) is 0 Å². The number of allylic oxidation sites excluding steroid dienone is 1. The Kier molecular flexibility index (Phi) is 4.42. The highest BCUT2D eigenvalue weighted by Crippen LogP contribution is 2.44. The van der Waals surface area contributed by atoms with E-state index in [0.29, 0.717) is 12.5 Å². The topological polar surface area (TPSA) is 58.7 Å². The van der Waals surface area contributed by atoms with Gasteiger partial charge in [-0.3, -0.25) is 9.79 Å². The lowest BCUT2D eigenvalue weighted by Crippen LogP contribution is -2.46. The number of hydrogen-bond donors (Lipinski definition) is 1. The van der Waals surface area contributed by atoms with Crippen LogP contribution < -0.4 is 5.73 Å². The zero-order valence-electron chi connectivity index (χ0n) is 16.0. The zero-order valence-corrected chi connectivity index (χ0v) is 16.0. The Morgan fingerprint density at radius 1 is 1.22 bits per heavy atom. The number of hydrogen-bond acceptors (Lipinski definition) is 3. The van der Waals surface area contributed by atoms with Crippen LogP contribution in [0.25, 0.3) is 0 Å². The molecule has 2 heterocycles. The van der Waals surface area contributed by atoms with Crippen LogP contribution in [0.2, 0.25) is 0 Å². The summed E-state index contributed by atoms with van der Waals surface area (Å²) in [5, 5.41) is 0. The van der Waals surface area contributed by atoms with Gasteiger partial charge in [0.1, 0.15) is 5.84 Å². The van der Waals surface area contributed by atoms with E-state index >= 15 is 0 Å². The Bertz CT molecular complexity index is 558. The molecule has 2 rings (SSSR count). The molecule has 2 atom stereocenters. The molecule has 1 saturated heterocycles. The minimum Gasteiger partial charge on any atom is -0.369 e. The van der Waals surface area contributed by atoms with Crippen LogP contribution >= 0.6 is 0 Å². The summed E-state index contributed by atoms with van der Waals surface area (Å²) in [6.07, 6.45) is 0.754. The first-order valence-electron chi connectivity index (χ1n) is 8.72. The molecular weight excluding hydrogens is 286 g/mol. The van der Waals surface area contributed by atoms with Crippen LogP contribution in [0.1, 0.15) is 61.8 Å². The monoisotopic (exact) mass is 319 g/mol. The molecule has 0 aromatic carbocycles. The van der Waals surface area contributed by atoms with Gasteiger partial charge in [-0.05, 0) is 16.9 Å². The summed E-state index contributed by atoms with van der Waals surface area (Å²) < 4.78 is 0. The van der Waals surface area contributed by atoms with Gasteiger partial charge in [-0.1, -0.05) is 55.4 Å². The predicted octanol–water partition coefficient (Wildman–Crippen LogP) is 3.58. The Morgan fingerprint density at radius 3 is 2.17 bits per heavy atom. The number of amidine groups is 1. The average Bonchev–Trinajstić information content (AvgIpc) is 2.78. The number of fused-ring (bicyclic) bond motifs is 1. The van der Waals surface area contributed by atoms with Gasteiger partial charge in [0, 0.05) is 24.1 Å². The number of rotatable bonds is 2. The van der Waals surface area contributed by atoms with Crippen LogP contribution in [0.4, 0.5) is 0 Å². The van der Waals surface area contributed by atoms with Crippen LogP contribution in [0.15, 0.2) is 16.3 Å². The molecule has 0 radical (unpaired) electrons. The summed E-state index contributed by atoms with van der Waals surface area (Å²) in [6.45, 7) is 18.5. The quantitative estimate of drug-likeness (QED) is 0.846. The molecule has 4 nitrogen and oxygen atoms in total. The van der Waals surface area contributed by atoms with Crippen molar-refractivity contribution >= 4 is 11.7 Å². The second kappa shape index (κ2) is 5.64. The molecule has 0 unspecified atom stereocenters. The standard InChI is InChI=1S/C19H33N3O/c1-11(2)14-13-9-12(16(20)23)10-22(13)17(19(6,7)8)21-15(14)18(3,4)5/h11-12,15H,9-10H2,1-8H3,(H2,20,23)/t12-,15+/m0/s1.